The Labute approximate surface area is 130 Å². The maximum atomic E-state index is 11.7. The van der Waals surface area contributed by atoms with E-state index in [9.17, 15) is 4.79 Å². The number of aryl methyl sites for hydroxylation is 1. The largest absolute Gasteiger partial charge is 0.393 e. The van der Waals surface area contributed by atoms with Crippen molar-refractivity contribution in [2.45, 2.75) is 26.0 Å². The molecule has 2 aromatic rings. The molecular formula is C16H22N4O2. The van der Waals surface area contributed by atoms with Gasteiger partial charge in [-0.15, -0.1) is 0 Å². The molecule has 1 aromatic carbocycles. The van der Waals surface area contributed by atoms with Gasteiger partial charge in [0.2, 0.25) is 0 Å². The highest BCUT2D eigenvalue weighted by molar-refractivity contribution is 5.74. The SMILES string of the molecule is C[C@@H](O)CCNC(=O)NCc1cn(C)nc1-c1ccccc1. The molecule has 1 heterocycles. The summed E-state index contributed by atoms with van der Waals surface area (Å²) in [5.74, 6) is 0. The van der Waals surface area contributed by atoms with E-state index in [4.69, 9.17) is 5.11 Å². The van der Waals surface area contributed by atoms with Gasteiger partial charge in [0.05, 0.1) is 11.8 Å². The van der Waals surface area contributed by atoms with Crippen molar-refractivity contribution in [3.05, 3.63) is 42.1 Å². The Hall–Kier alpha value is -2.34. The maximum absolute atomic E-state index is 11.7. The topological polar surface area (TPSA) is 79.2 Å². The number of benzene rings is 1. The lowest BCUT2D eigenvalue weighted by atomic mass is 10.1. The molecule has 22 heavy (non-hydrogen) atoms. The first kappa shape index (κ1) is 16.0. The van der Waals surface area contributed by atoms with E-state index in [1.165, 1.54) is 0 Å². The van der Waals surface area contributed by atoms with Gasteiger partial charge in [-0.3, -0.25) is 4.68 Å². The molecular weight excluding hydrogens is 280 g/mol. The van der Waals surface area contributed by atoms with Crippen molar-refractivity contribution in [3.63, 3.8) is 0 Å². The van der Waals surface area contributed by atoms with Crippen LogP contribution in [0.3, 0.4) is 0 Å². The van der Waals surface area contributed by atoms with Crippen LogP contribution in [-0.4, -0.2) is 33.6 Å². The number of carbonyl (C=O) groups is 1. The average molecular weight is 302 g/mol. The summed E-state index contributed by atoms with van der Waals surface area (Å²) in [6.45, 7) is 2.54. The summed E-state index contributed by atoms with van der Waals surface area (Å²) in [7, 11) is 1.86. The van der Waals surface area contributed by atoms with Crippen molar-refractivity contribution >= 4 is 6.03 Å². The fraction of sp³-hybridized carbons (Fsp3) is 0.375. The second-order valence-electron chi connectivity index (χ2n) is 5.29. The van der Waals surface area contributed by atoms with E-state index in [1.807, 2.05) is 43.6 Å². The van der Waals surface area contributed by atoms with Gasteiger partial charge >= 0.3 is 6.03 Å². The zero-order valence-corrected chi connectivity index (χ0v) is 12.9. The van der Waals surface area contributed by atoms with Crippen LogP contribution in [0.15, 0.2) is 36.5 Å². The van der Waals surface area contributed by atoms with Gasteiger partial charge in [0.25, 0.3) is 0 Å². The van der Waals surface area contributed by atoms with Crippen LogP contribution in [0.1, 0.15) is 18.9 Å². The number of carbonyl (C=O) groups excluding carboxylic acids is 1. The predicted octanol–water partition coefficient (Wildman–Crippen LogP) is 1.66. The minimum Gasteiger partial charge on any atom is -0.393 e. The molecule has 1 atom stereocenters. The second-order valence-corrected chi connectivity index (χ2v) is 5.29. The molecule has 0 radical (unpaired) electrons. The van der Waals surface area contributed by atoms with Gasteiger partial charge < -0.3 is 15.7 Å². The highest BCUT2D eigenvalue weighted by Crippen LogP contribution is 2.21. The van der Waals surface area contributed by atoms with Crippen LogP contribution in [-0.2, 0) is 13.6 Å². The number of aliphatic hydroxyl groups is 1. The molecule has 0 saturated carbocycles. The normalized spacial score (nSPS) is 12.0. The predicted molar refractivity (Wildman–Crippen MR) is 85.2 cm³/mol. The second kappa shape index (κ2) is 7.61. The van der Waals surface area contributed by atoms with E-state index in [-0.39, 0.29) is 6.03 Å². The molecule has 2 rings (SSSR count). The lowest BCUT2D eigenvalue weighted by Crippen LogP contribution is -2.36. The van der Waals surface area contributed by atoms with Crippen molar-refractivity contribution in [1.82, 2.24) is 20.4 Å². The highest BCUT2D eigenvalue weighted by atomic mass is 16.3. The fourth-order valence-electron chi connectivity index (χ4n) is 2.14. The Kier molecular flexibility index (Phi) is 5.55. The van der Waals surface area contributed by atoms with Crippen molar-refractivity contribution in [2.75, 3.05) is 6.54 Å². The molecule has 0 aliphatic heterocycles. The number of hydrogen-bond acceptors (Lipinski definition) is 3. The van der Waals surface area contributed by atoms with Crippen molar-refractivity contribution in [1.29, 1.82) is 0 Å². The van der Waals surface area contributed by atoms with Crippen LogP contribution in [0.25, 0.3) is 11.3 Å². The lowest BCUT2D eigenvalue weighted by molar-refractivity contribution is 0.183. The van der Waals surface area contributed by atoms with Crippen LogP contribution in [0.2, 0.25) is 0 Å². The van der Waals surface area contributed by atoms with E-state index < -0.39 is 6.10 Å². The summed E-state index contributed by atoms with van der Waals surface area (Å²) in [5, 5.41) is 19.1. The first-order chi connectivity index (χ1) is 10.6. The molecule has 6 nitrogen and oxygen atoms in total. The smallest absolute Gasteiger partial charge is 0.315 e. The van der Waals surface area contributed by atoms with Gasteiger partial charge in [0.1, 0.15) is 0 Å². The lowest BCUT2D eigenvalue weighted by Gasteiger charge is -2.08. The van der Waals surface area contributed by atoms with E-state index in [2.05, 4.69) is 15.7 Å². The number of aliphatic hydroxyl groups excluding tert-OH is 1. The van der Waals surface area contributed by atoms with Gasteiger partial charge in [0, 0.05) is 37.5 Å². The van der Waals surface area contributed by atoms with Gasteiger partial charge in [-0.2, -0.15) is 5.10 Å². The number of hydrogen-bond donors (Lipinski definition) is 3. The molecule has 0 unspecified atom stereocenters. The molecule has 0 bridgehead atoms. The molecule has 6 heteroatoms. The molecule has 3 N–H and O–H groups in total. The summed E-state index contributed by atoms with van der Waals surface area (Å²) < 4.78 is 1.74. The number of urea groups is 1. The van der Waals surface area contributed by atoms with Gasteiger partial charge in [-0.25, -0.2) is 4.79 Å². The first-order valence-electron chi connectivity index (χ1n) is 7.34. The third-order valence-corrected chi connectivity index (χ3v) is 3.24. The Morgan fingerprint density at radius 1 is 1.32 bits per heavy atom. The molecule has 0 spiro atoms. The van der Waals surface area contributed by atoms with Crippen molar-refractivity contribution < 1.29 is 9.90 Å². The molecule has 0 aliphatic carbocycles. The molecule has 2 amide bonds. The summed E-state index contributed by atoms with van der Waals surface area (Å²) in [5.41, 5.74) is 2.85. The minimum absolute atomic E-state index is 0.247. The standard InChI is InChI=1S/C16H22N4O2/c1-12(21)8-9-17-16(22)18-10-14-11-20(2)19-15(14)13-6-4-3-5-7-13/h3-7,11-12,21H,8-10H2,1-2H3,(H2,17,18,22)/t12-/m1/s1. The third-order valence-electron chi connectivity index (χ3n) is 3.24. The van der Waals surface area contributed by atoms with Crippen LogP contribution in [0, 0.1) is 0 Å². The van der Waals surface area contributed by atoms with E-state index in [0.717, 1.165) is 16.8 Å². The van der Waals surface area contributed by atoms with Crippen LogP contribution in [0.5, 0.6) is 0 Å². The minimum atomic E-state index is -0.414. The van der Waals surface area contributed by atoms with Gasteiger partial charge in [0.15, 0.2) is 0 Å². The zero-order chi connectivity index (χ0) is 15.9. The Balaban J connectivity index is 1.95. The average Bonchev–Trinajstić information content (AvgIpc) is 2.87. The maximum Gasteiger partial charge on any atom is 0.315 e. The van der Waals surface area contributed by atoms with Crippen LogP contribution >= 0.6 is 0 Å². The number of nitrogens with zero attached hydrogens (tertiary/aromatic N) is 2. The Morgan fingerprint density at radius 2 is 2.05 bits per heavy atom. The summed E-state index contributed by atoms with van der Waals surface area (Å²) in [6.07, 6.45) is 2.02. The Morgan fingerprint density at radius 3 is 2.73 bits per heavy atom. The first-order valence-corrected chi connectivity index (χ1v) is 7.34. The molecule has 0 fully saturated rings. The van der Waals surface area contributed by atoms with Crippen LogP contribution < -0.4 is 10.6 Å². The highest BCUT2D eigenvalue weighted by Gasteiger charge is 2.11. The van der Waals surface area contributed by atoms with Crippen LogP contribution in [0.4, 0.5) is 4.79 Å². The number of nitrogens with one attached hydrogen (secondary N) is 2. The summed E-state index contributed by atoms with van der Waals surface area (Å²) in [6, 6.07) is 9.63. The van der Waals surface area contributed by atoms with Gasteiger partial charge in [-0.05, 0) is 13.3 Å². The van der Waals surface area contributed by atoms with Gasteiger partial charge in [-0.1, -0.05) is 30.3 Å². The zero-order valence-electron chi connectivity index (χ0n) is 12.9. The van der Waals surface area contributed by atoms with Crippen molar-refractivity contribution in [3.8, 4) is 11.3 Å². The Bertz CT molecular complexity index is 608. The monoisotopic (exact) mass is 302 g/mol. The third kappa shape index (κ3) is 4.60. The van der Waals surface area contributed by atoms with Crippen molar-refractivity contribution in [2.24, 2.45) is 7.05 Å². The summed E-state index contributed by atoms with van der Waals surface area (Å²) in [4.78, 5) is 11.7. The molecule has 0 aliphatic rings. The molecule has 1 aromatic heterocycles. The summed E-state index contributed by atoms with van der Waals surface area (Å²) >= 11 is 0. The molecule has 118 valence electrons. The molecule has 0 saturated heterocycles. The quantitative estimate of drug-likeness (QED) is 0.759. The number of aromatic nitrogens is 2. The van der Waals surface area contributed by atoms with E-state index in [1.54, 1.807) is 11.6 Å². The fourth-order valence-corrected chi connectivity index (χ4v) is 2.14. The number of rotatable bonds is 6. The van der Waals surface area contributed by atoms with E-state index >= 15 is 0 Å². The van der Waals surface area contributed by atoms with E-state index in [0.29, 0.717) is 19.5 Å². The number of amides is 2.